The minimum absolute atomic E-state index is 0.0358. The van der Waals surface area contributed by atoms with E-state index in [1.807, 2.05) is 6.08 Å². The van der Waals surface area contributed by atoms with Gasteiger partial charge in [0, 0.05) is 26.1 Å². The molecule has 1 amide bonds. The molecule has 1 aromatic carbocycles. The number of methoxy groups -OCH3 is 1. The number of ether oxygens (including phenoxy) is 3. The fourth-order valence-corrected chi connectivity index (χ4v) is 5.12. The summed E-state index contributed by atoms with van der Waals surface area (Å²) in [6.45, 7) is 4.51. The molecule has 0 aromatic heterocycles. The molecule has 0 spiro atoms. The van der Waals surface area contributed by atoms with Crippen LogP contribution < -0.4 is 10.1 Å². The van der Waals surface area contributed by atoms with Crippen LogP contribution in [0.25, 0.3) is 0 Å². The lowest BCUT2D eigenvalue weighted by Crippen LogP contribution is -2.38. The summed E-state index contributed by atoms with van der Waals surface area (Å²) in [6, 6.07) is 6.08. The fourth-order valence-electron chi connectivity index (χ4n) is 3.70. The second-order valence-electron chi connectivity index (χ2n) is 9.05. The third-order valence-electron chi connectivity index (χ3n) is 6.11. The smallest absolute Gasteiger partial charge is 0.286 e. The number of amides is 1. The van der Waals surface area contributed by atoms with Crippen LogP contribution in [-0.2, 0) is 24.3 Å². The number of allylic oxidation sites excluding steroid dienone is 1. The fraction of sp³-hybridized carbons (Fsp3) is 0.625. The van der Waals surface area contributed by atoms with Crippen LogP contribution in [0.3, 0.4) is 0 Å². The second-order valence-corrected chi connectivity index (χ2v) is 11.0. The van der Waals surface area contributed by atoms with Gasteiger partial charge < -0.3 is 24.6 Å². The van der Waals surface area contributed by atoms with Crippen molar-refractivity contribution in [2.75, 3.05) is 40.0 Å². The first-order valence-electron chi connectivity index (χ1n) is 11.8. The average molecular weight is 497 g/mol. The maximum Gasteiger partial charge on any atom is 0.286 e. The van der Waals surface area contributed by atoms with Gasteiger partial charge in [0.1, 0.15) is 5.75 Å². The van der Waals surface area contributed by atoms with Crippen LogP contribution in [0.5, 0.6) is 5.75 Å². The molecule has 1 aliphatic heterocycles. The van der Waals surface area contributed by atoms with E-state index in [0.29, 0.717) is 30.6 Å². The number of hydrogen-bond donors (Lipinski definition) is 2. The SMILES string of the molecule is COc1ccc(S(=O)(=O)N(CCO)CCO[C@H]2C[C@@H](C(C)C)C=C(C(=O)NCC3CC3)O2)cc1. The summed E-state index contributed by atoms with van der Waals surface area (Å²) in [6.07, 6.45) is 4.06. The minimum Gasteiger partial charge on any atom is -0.497 e. The highest BCUT2D eigenvalue weighted by atomic mass is 32.2. The first-order valence-corrected chi connectivity index (χ1v) is 13.2. The highest BCUT2D eigenvalue weighted by Gasteiger charge is 2.31. The van der Waals surface area contributed by atoms with Gasteiger partial charge in [0.25, 0.3) is 5.91 Å². The van der Waals surface area contributed by atoms with Crippen molar-refractivity contribution in [1.82, 2.24) is 9.62 Å². The van der Waals surface area contributed by atoms with Crippen molar-refractivity contribution < 1.29 is 32.5 Å². The molecule has 1 saturated carbocycles. The van der Waals surface area contributed by atoms with E-state index in [4.69, 9.17) is 14.2 Å². The van der Waals surface area contributed by atoms with Crippen LogP contribution in [0.1, 0.15) is 33.1 Å². The van der Waals surface area contributed by atoms with Crippen LogP contribution in [0.4, 0.5) is 0 Å². The summed E-state index contributed by atoms with van der Waals surface area (Å²) < 4.78 is 44.0. The molecule has 1 heterocycles. The van der Waals surface area contributed by atoms with Crippen LogP contribution in [0, 0.1) is 17.8 Å². The molecule has 3 rings (SSSR count). The lowest BCUT2D eigenvalue weighted by molar-refractivity contribution is -0.150. The van der Waals surface area contributed by atoms with Gasteiger partial charge in [-0.05, 0) is 60.9 Å². The van der Waals surface area contributed by atoms with E-state index in [2.05, 4.69) is 19.2 Å². The number of aliphatic hydroxyl groups excluding tert-OH is 1. The predicted octanol–water partition coefficient (Wildman–Crippen LogP) is 2.12. The number of aliphatic hydroxyl groups is 1. The molecular formula is C24H36N2O7S. The molecule has 1 fully saturated rings. The van der Waals surface area contributed by atoms with Crippen molar-refractivity contribution in [3.63, 3.8) is 0 Å². The van der Waals surface area contributed by atoms with E-state index in [1.54, 1.807) is 12.1 Å². The predicted molar refractivity (Wildman–Crippen MR) is 126 cm³/mol. The highest BCUT2D eigenvalue weighted by Crippen LogP contribution is 2.30. The molecule has 34 heavy (non-hydrogen) atoms. The quantitative estimate of drug-likeness (QED) is 0.430. The Morgan fingerprint density at radius 3 is 2.53 bits per heavy atom. The zero-order valence-electron chi connectivity index (χ0n) is 20.1. The van der Waals surface area contributed by atoms with Crippen LogP contribution >= 0.6 is 0 Å². The zero-order chi connectivity index (χ0) is 24.7. The number of nitrogens with one attached hydrogen (secondary N) is 1. The van der Waals surface area contributed by atoms with Gasteiger partial charge in [-0.1, -0.05) is 13.8 Å². The van der Waals surface area contributed by atoms with Crippen LogP contribution in [0.15, 0.2) is 41.0 Å². The van der Waals surface area contributed by atoms with E-state index in [0.717, 1.165) is 12.8 Å². The van der Waals surface area contributed by atoms with Gasteiger partial charge in [0.2, 0.25) is 16.3 Å². The van der Waals surface area contributed by atoms with Crippen LogP contribution in [-0.4, -0.2) is 70.0 Å². The number of nitrogens with zero attached hydrogens (tertiary/aromatic N) is 1. The van der Waals surface area contributed by atoms with E-state index in [9.17, 15) is 18.3 Å². The normalized spacial score (nSPS) is 20.7. The number of carbonyl (C=O) groups excluding carboxylic acids is 1. The van der Waals surface area contributed by atoms with Gasteiger partial charge in [-0.15, -0.1) is 0 Å². The standard InChI is InChI=1S/C24H36N2O7S/c1-17(2)19-14-22(24(28)25-16-18-4-5-18)33-23(15-19)32-13-11-26(10-12-27)34(29,30)21-8-6-20(31-3)7-9-21/h6-9,14,17-19,23,27H,4-5,10-13,15-16H2,1-3H3,(H,25,28)/t19-,23+/m0/s1. The Morgan fingerprint density at radius 1 is 1.24 bits per heavy atom. The minimum atomic E-state index is -3.83. The van der Waals surface area contributed by atoms with Gasteiger partial charge >= 0.3 is 0 Å². The third kappa shape index (κ3) is 7.18. The second kappa shape index (κ2) is 12.0. The Hall–Kier alpha value is -2.14. The summed E-state index contributed by atoms with van der Waals surface area (Å²) in [5.74, 6) is 1.53. The van der Waals surface area contributed by atoms with E-state index < -0.39 is 16.3 Å². The maximum atomic E-state index is 13.0. The number of rotatable bonds is 13. The molecular weight excluding hydrogens is 460 g/mol. The Bertz CT molecular complexity index is 943. The molecule has 0 radical (unpaired) electrons. The van der Waals surface area contributed by atoms with Crippen LogP contribution in [0.2, 0.25) is 0 Å². The Kier molecular flexibility index (Phi) is 9.35. The topological polar surface area (TPSA) is 114 Å². The number of carbonyl (C=O) groups is 1. The largest absolute Gasteiger partial charge is 0.497 e. The van der Waals surface area contributed by atoms with Crippen molar-refractivity contribution in [2.24, 2.45) is 17.8 Å². The van der Waals surface area contributed by atoms with Crippen molar-refractivity contribution in [3.05, 3.63) is 36.1 Å². The van der Waals surface area contributed by atoms with Gasteiger partial charge in [-0.2, -0.15) is 4.31 Å². The number of hydrogen-bond acceptors (Lipinski definition) is 7. The molecule has 2 aliphatic rings. The zero-order valence-corrected chi connectivity index (χ0v) is 20.9. The molecule has 10 heteroatoms. The third-order valence-corrected chi connectivity index (χ3v) is 8.02. The lowest BCUT2D eigenvalue weighted by Gasteiger charge is -2.31. The lowest BCUT2D eigenvalue weighted by atomic mass is 9.90. The first-order chi connectivity index (χ1) is 16.2. The maximum absolute atomic E-state index is 13.0. The molecule has 1 aromatic rings. The summed E-state index contributed by atoms with van der Waals surface area (Å²) in [5, 5.41) is 12.3. The molecule has 0 saturated heterocycles. The van der Waals surface area contributed by atoms with E-state index in [1.165, 1.54) is 23.5 Å². The Morgan fingerprint density at radius 2 is 1.94 bits per heavy atom. The monoisotopic (exact) mass is 496 g/mol. The number of sulfonamides is 1. The van der Waals surface area contributed by atoms with Gasteiger partial charge in [-0.3, -0.25) is 4.79 Å². The summed E-state index contributed by atoms with van der Waals surface area (Å²) in [7, 11) is -2.32. The van der Waals surface area contributed by atoms with Gasteiger partial charge in [0.15, 0.2) is 5.76 Å². The summed E-state index contributed by atoms with van der Waals surface area (Å²) in [4.78, 5) is 12.7. The molecule has 9 nitrogen and oxygen atoms in total. The van der Waals surface area contributed by atoms with Gasteiger partial charge in [0.05, 0.1) is 25.2 Å². The van der Waals surface area contributed by atoms with Crippen molar-refractivity contribution in [3.8, 4) is 5.75 Å². The van der Waals surface area contributed by atoms with E-state index in [-0.39, 0.29) is 48.8 Å². The van der Waals surface area contributed by atoms with Crippen molar-refractivity contribution in [2.45, 2.75) is 44.3 Å². The van der Waals surface area contributed by atoms with Crippen molar-refractivity contribution in [1.29, 1.82) is 0 Å². The van der Waals surface area contributed by atoms with Crippen molar-refractivity contribution >= 4 is 15.9 Å². The Balaban J connectivity index is 1.60. The molecule has 2 atom stereocenters. The molecule has 190 valence electrons. The summed E-state index contributed by atoms with van der Waals surface area (Å²) in [5.41, 5.74) is 0. The highest BCUT2D eigenvalue weighted by molar-refractivity contribution is 7.89. The van der Waals surface area contributed by atoms with E-state index >= 15 is 0 Å². The first kappa shape index (κ1) is 26.5. The molecule has 0 unspecified atom stereocenters. The van der Waals surface area contributed by atoms with Gasteiger partial charge in [-0.25, -0.2) is 8.42 Å². The molecule has 2 N–H and O–H groups in total. The molecule has 1 aliphatic carbocycles. The number of benzene rings is 1. The Labute approximate surface area is 202 Å². The average Bonchev–Trinajstić information content (AvgIpc) is 3.66. The summed E-state index contributed by atoms with van der Waals surface area (Å²) >= 11 is 0. The molecule has 0 bridgehead atoms.